The molecule has 8 nitrogen and oxygen atoms in total. The molecule has 0 bridgehead atoms. The summed E-state index contributed by atoms with van der Waals surface area (Å²) in [5, 5.41) is 16.3. The lowest BCUT2D eigenvalue weighted by atomic mass is 9.99. The van der Waals surface area contributed by atoms with Crippen LogP contribution >= 0.6 is 12.6 Å². The predicted molar refractivity (Wildman–Crippen MR) is 137 cm³/mol. The molecule has 0 saturated heterocycles. The van der Waals surface area contributed by atoms with Gasteiger partial charge in [-0.15, -0.1) is 0 Å². The summed E-state index contributed by atoms with van der Waals surface area (Å²) in [5.74, 6) is -0.873. The third-order valence-electron chi connectivity index (χ3n) is 5.12. The number of hydrogen-bond donors (Lipinski definition) is 4. The maximum atomic E-state index is 13.6. The van der Waals surface area contributed by atoms with Gasteiger partial charge in [-0.2, -0.15) is 12.6 Å². The van der Waals surface area contributed by atoms with Gasteiger partial charge < -0.3 is 25.4 Å². The van der Waals surface area contributed by atoms with Crippen LogP contribution in [0.2, 0.25) is 0 Å². The molecular formula is C25H41N3O5S. The number of carbonyl (C=O) groups excluding carboxylic acids is 3. The number of thiol groups is 1. The number of phenols is 1. The number of carbonyl (C=O) groups is 3. The van der Waals surface area contributed by atoms with E-state index in [1.807, 2.05) is 6.92 Å². The number of para-hydroxylation sites is 1. The van der Waals surface area contributed by atoms with Crippen molar-refractivity contribution in [2.45, 2.75) is 84.9 Å². The van der Waals surface area contributed by atoms with Gasteiger partial charge in [0.05, 0.1) is 0 Å². The number of alkyl carbamates (subject to hydrolysis) is 1. The van der Waals surface area contributed by atoms with Gasteiger partial charge in [0, 0.05) is 24.4 Å². The minimum Gasteiger partial charge on any atom is -0.507 e. The number of nitrogens with zero attached hydrogens (tertiary/aromatic N) is 1. The molecule has 34 heavy (non-hydrogen) atoms. The number of nitrogens with one attached hydrogen (secondary N) is 2. The molecular weight excluding hydrogens is 454 g/mol. The van der Waals surface area contributed by atoms with Gasteiger partial charge in [0.15, 0.2) is 0 Å². The molecule has 0 spiro atoms. The summed E-state index contributed by atoms with van der Waals surface area (Å²) in [6.07, 6.45) is 2.63. The molecule has 0 fully saturated rings. The highest BCUT2D eigenvalue weighted by Crippen LogP contribution is 2.32. The fourth-order valence-electron chi connectivity index (χ4n) is 3.48. The Hall–Kier alpha value is -2.42. The fraction of sp³-hybridized carbons (Fsp3) is 0.640. The first-order valence-electron chi connectivity index (χ1n) is 11.9. The van der Waals surface area contributed by atoms with Crippen LogP contribution in [0, 0.1) is 6.92 Å². The Labute approximate surface area is 209 Å². The molecule has 0 aliphatic rings. The summed E-state index contributed by atoms with van der Waals surface area (Å²) in [6.45, 7) is 11.6. The Kier molecular flexibility index (Phi) is 12.3. The average molecular weight is 496 g/mol. The van der Waals surface area contributed by atoms with Crippen molar-refractivity contribution in [1.29, 1.82) is 0 Å². The maximum absolute atomic E-state index is 13.6. The highest BCUT2D eigenvalue weighted by molar-refractivity contribution is 7.80. The number of rotatable bonds is 12. The van der Waals surface area contributed by atoms with Crippen molar-refractivity contribution in [2.24, 2.45) is 0 Å². The summed E-state index contributed by atoms with van der Waals surface area (Å²) < 4.78 is 5.29. The topological polar surface area (TPSA) is 108 Å². The molecule has 2 atom stereocenters. The Balaban J connectivity index is 3.33. The van der Waals surface area contributed by atoms with Crippen LogP contribution < -0.4 is 10.6 Å². The standard InChI is InChI=1S/C25H41N3O5S/c1-7-9-10-14-26-22(30)20(18-13-11-12-17(3)21(18)29)28(15-8-2)23(31)19(16-34)27-24(32)33-25(4,5)6/h11-13,19-20,29,34H,7-10,14-16H2,1-6H3,(H,26,30)(H,27,32). The molecule has 0 aliphatic heterocycles. The Morgan fingerprint density at radius 3 is 2.38 bits per heavy atom. The number of phenolic OH excluding ortho intramolecular Hbond substituents is 1. The van der Waals surface area contributed by atoms with Gasteiger partial charge in [0.1, 0.15) is 23.4 Å². The minimum atomic E-state index is -1.06. The van der Waals surface area contributed by atoms with Gasteiger partial charge in [-0.25, -0.2) is 4.79 Å². The van der Waals surface area contributed by atoms with Crippen LogP contribution in [0.4, 0.5) is 4.79 Å². The second-order valence-corrected chi connectivity index (χ2v) is 9.69. The highest BCUT2D eigenvalue weighted by Gasteiger charge is 2.36. The zero-order chi connectivity index (χ0) is 25.9. The number of ether oxygens (including phenoxy) is 1. The second kappa shape index (κ2) is 14.1. The molecule has 3 amide bonds. The maximum Gasteiger partial charge on any atom is 0.408 e. The summed E-state index contributed by atoms with van der Waals surface area (Å²) >= 11 is 4.26. The van der Waals surface area contributed by atoms with Crippen LogP contribution in [0.25, 0.3) is 0 Å². The number of hydrogen-bond acceptors (Lipinski definition) is 6. The third kappa shape index (κ3) is 9.08. The Morgan fingerprint density at radius 1 is 1.15 bits per heavy atom. The lowest BCUT2D eigenvalue weighted by Crippen LogP contribution is -2.54. The Bertz CT molecular complexity index is 825. The van der Waals surface area contributed by atoms with E-state index in [1.54, 1.807) is 45.9 Å². The molecule has 2 unspecified atom stereocenters. The Morgan fingerprint density at radius 2 is 1.82 bits per heavy atom. The molecule has 192 valence electrons. The zero-order valence-electron chi connectivity index (χ0n) is 21.3. The number of aryl methyl sites for hydroxylation is 1. The smallest absolute Gasteiger partial charge is 0.408 e. The van der Waals surface area contributed by atoms with Gasteiger partial charge >= 0.3 is 6.09 Å². The lowest BCUT2D eigenvalue weighted by Gasteiger charge is -2.34. The van der Waals surface area contributed by atoms with E-state index in [4.69, 9.17) is 4.74 Å². The van der Waals surface area contributed by atoms with Crippen LogP contribution in [-0.4, -0.2) is 58.4 Å². The summed E-state index contributed by atoms with van der Waals surface area (Å²) in [6, 6.07) is 3.06. The van der Waals surface area contributed by atoms with Crippen LogP contribution in [0.1, 0.15) is 77.5 Å². The average Bonchev–Trinajstić information content (AvgIpc) is 2.75. The largest absolute Gasteiger partial charge is 0.507 e. The molecule has 0 aromatic heterocycles. The lowest BCUT2D eigenvalue weighted by molar-refractivity contribution is -0.142. The van der Waals surface area contributed by atoms with E-state index in [0.717, 1.165) is 19.3 Å². The van der Waals surface area contributed by atoms with Crippen molar-refractivity contribution < 1.29 is 24.2 Å². The van der Waals surface area contributed by atoms with Gasteiger partial charge in [0.25, 0.3) is 0 Å². The van der Waals surface area contributed by atoms with Crippen molar-refractivity contribution in [1.82, 2.24) is 15.5 Å². The van der Waals surface area contributed by atoms with Crippen molar-refractivity contribution in [3.05, 3.63) is 29.3 Å². The van der Waals surface area contributed by atoms with Crippen LogP contribution in [-0.2, 0) is 14.3 Å². The monoisotopic (exact) mass is 495 g/mol. The first-order chi connectivity index (χ1) is 16.0. The third-order valence-corrected chi connectivity index (χ3v) is 5.49. The molecule has 0 saturated carbocycles. The van der Waals surface area contributed by atoms with Crippen molar-refractivity contribution in [2.75, 3.05) is 18.8 Å². The predicted octanol–water partition coefficient (Wildman–Crippen LogP) is 4.11. The minimum absolute atomic E-state index is 0.0168. The van der Waals surface area contributed by atoms with Crippen LogP contribution in [0.5, 0.6) is 5.75 Å². The molecule has 9 heteroatoms. The van der Waals surface area contributed by atoms with Gasteiger partial charge in [-0.05, 0) is 46.1 Å². The first-order valence-corrected chi connectivity index (χ1v) is 12.6. The van der Waals surface area contributed by atoms with E-state index >= 15 is 0 Å². The highest BCUT2D eigenvalue weighted by atomic mass is 32.1. The first kappa shape index (κ1) is 29.6. The van der Waals surface area contributed by atoms with Crippen molar-refractivity contribution in [3.63, 3.8) is 0 Å². The van der Waals surface area contributed by atoms with Gasteiger partial charge in [-0.1, -0.05) is 44.9 Å². The van der Waals surface area contributed by atoms with Crippen molar-refractivity contribution >= 4 is 30.5 Å². The summed E-state index contributed by atoms with van der Waals surface area (Å²) in [4.78, 5) is 40.7. The number of unbranched alkanes of at least 4 members (excludes halogenated alkanes) is 2. The van der Waals surface area contributed by atoms with E-state index in [0.29, 0.717) is 24.1 Å². The second-order valence-electron chi connectivity index (χ2n) is 9.33. The number of aromatic hydroxyl groups is 1. The van der Waals surface area contributed by atoms with E-state index in [9.17, 15) is 19.5 Å². The fourth-order valence-corrected chi connectivity index (χ4v) is 3.73. The SMILES string of the molecule is CCCCCNC(=O)C(c1cccc(C)c1O)N(CCC)C(=O)C(CS)NC(=O)OC(C)(C)C. The molecule has 1 rings (SSSR count). The zero-order valence-corrected chi connectivity index (χ0v) is 22.2. The molecule has 3 N–H and O–H groups in total. The van der Waals surface area contributed by atoms with E-state index < -0.39 is 29.7 Å². The summed E-state index contributed by atoms with van der Waals surface area (Å²) in [5.41, 5.74) is 0.207. The van der Waals surface area contributed by atoms with Crippen LogP contribution in [0.15, 0.2) is 18.2 Å². The molecule has 0 aliphatic carbocycles. The molecule has 1 aromatic rings. The van der Waals surface area contributed by atoms with Crippen molar-refractivity contribution in [3.8, 4) is 5.75 Å². The van der Waals surface area contributed by atoms with Gasteiger partial charge in [0.2, 0.25) is 11.8 Å². The molecule has 1 aromatic carbocycles. The summed E-state index contributed by atoms with van der Waals surface area (Å²) in [7, 11) is 0. The molecule has 0 radical (unpaired) electrons. The normalized spacial score (nSPS) is 13.0. The quantitative estimate of drug-likeness (QED) is 0.258. The number of amides is 3. The number of benzene rings is 1. The van der Waals surface area contributed by atoms with E-state index in [2.05, 4.69) is 30.2 Å². The van der Waals surface area contributed by atoms with Crippen LogP contribution in [0.3, 0.4) is 0 Å². The molecule has 0 heterocycles. The van der Waals surface area contributed by atoms with E-state index in [1.165, 1.54) is 4.90 Å². The van der Waals surface area contributed by atoms with E-state index in [-0.39, 0.29) is 24.0 Å². The van der Waals surface area contributed by atoms with Gasteiger partial charge in [-0.3, -0.25) is 9.59 Å².